The lowest BCUT2D eigenvalue weighted by molar-refractivity contribution is 0.0338. The molecule has 0 aromatic carbocycles. The number of nitrogens with zero attached hydrogens (tertiary/aromatic N) is 2. The Hall–Kier alpha value is -2.36. The summed E-state index contributed by atoms with van der Waals surface area (Å²) in [6, 6.07) is -0.475. The van der Waals surface area contributed by atoms with E-state index in [1.54, 1.807) is 55.4 Å². The minimum atomic E-state index is -0.734. The second-order valence-electron chi connectivity index (χ2n) is 9.67. The number of aryl methyl sites for hydroxylation is 1. The Kier molecular flexibility index (Phi) is 9.50. The predicted octanol–water partition coefficient (Wildman–Crippen LogP) is 5.06. The number of hydrogen-bond donors (Lipinski definition) is 1. The maximum atomic E-state index is 12.9. The van der Waals surface area contributed by atoms with E-state index in [1.165, 1.54) is 4.90 Å². The Labute approximate surface area is 194 Å². The fraction of sp³-hybridized carbons (Fsp3) is 0.727. The van der Waals surface area contributed by atoms with Crippen LogP contribution in [0.4, 0.5) is 14.7 Å². The summed E-state index contributed by atoms with van der Waals surface area (Å²) < 4.78 is 16.2. The second kappa shape index (κ2) is 11.0. The smallest absolute Gasteiger partial charge is 0.416 e. The molecule has 0 saturated carbocycles. The Morgan fingerprint density at radius 2 is 1.62 bits per heavy atom. The van der Waals surface area contributed by atoms with Crippen molar-refractivity contribution < 1.29 is 28.6 Å². The highest BCUT2D eigenvalue weighted by Crippen LogP contribution is 2.29. The maximum Gasteiger partial charge on any atom is 0.416 e. The fourth-order valence-corrected chi connectivity index (χ4v) is 3.33. The standard InChI is InChI=1S/C22H37N3O6S/c1-11-14(3)29-17(26)16-15(4)24-18(32-16)25(20(28)31-22(8,9)10)12-13(2)23-19(27)30-21(5,6)7/h13-14H,11-12H2,1-10H3,(H,23,27)/t13?,14-/m1/s1. The first-order chi connectivity index (χ1) is 14.5. The molecule has 0 radical (unpaired) electrons. The zero-order valence-corrected chi connectivity index (χ0v) is 21.6. The van der Waals surface area contributed by atoms with Crippen molar-refractivity contribution in [2.45, 2.75) is 99.0 Å². The van der Waals surface area contributed by atoms with Gasteiger partial charge in [0.25, 0.3) is 0 Å². The van der Waals surface area contributed by atoms with Crippen molar-refractivity contribution in [3.05, 3.63) is 10.6 Å². The van der Waals surface area contributed by atoms with Crippen LogP contribution in [0.3, 0.4) is 0 Å². The number of esters is 1. The number of carbonyl (C=O) groups excluding carboxylic acids is 3. The van der Waals surface area contributed by atoms with Gasteiger partial charge in [-0.3, -0.25) is 4.90 Å². The van der Waals surface area contributed by atoms with E-state index in [9.17, 15) is 14.4 Å². The molecule has 1 aromatic heterocycles. The van der Waals surface area contributed by atoms with Crippen molar-refractivity contribution in [1.29, 1.82) is 0 Å². The van der Waals surface area contributed by atoms with E-state index in [2.05, 4.69) is 10.3 Å². The number of thiazole rings is 1. The topological polar surface area (TPSA) is 107 Å². The fourth-order valence-electron chi connectivity index (χ4n) is 2.38. The Balaban J connectivity index is 3.12. The molecule has 0 aliphatic heterocycles. The highest BCUT2D eigenvalue weighted by Gasteiger charge is 2.30. The third-order valence-corrected chi connectivity index (χ3v) is 5.08. The molecule has 182 valence electrons. The molecule has 1 heterocycles. The van der Waals surface area contributed by atoms with E-state index in [4.69, 9.17) is 14.2 Å². The lowest BCUT2D eigenvalue weighted by Crippen LogP contribution is -2.47. The van der Waals surface area contributed by atoms with Crippen molar-refractivity contribution in [3.8, 4) is 0 Å². The zero-order chi connectivity index (χ0) is 24.9. The van der Waals surface area contributed by atoms with Crippen molar-refractivity contribution in [1.82, 2.24) is 10.3 Å². The summed E-state index contributed by atoms with van der Waals surface area (Å²) in [6.07, 6.45) is -0.769. The molecule has 0 spiro atoms. The summed E-state index contributed by atoms with van der Waals surface area (Å²) in [5, 5.41) is 2.99. The second-order valence-corrected chi connectivity index (χ2v) is 10.7. The molecule has 32 heavy (non-hydrogen) atoms. The third kappa shape index (κ3) is 9.42. The number of anilines is 1. The number of carbonyl (C=O) groups is 3. The van der Waals surface area contributed by atoms with Crippen LogP contribution in [-0.4, -0.2) is 53.0 Å². The van der Waals surface area contributed by atoms with Gasteiger partial charge in [-0.2, -0.15) is 0 Å². The SMILES string of the molecule is CC[C@@H](C)OC(=O)c1sc(N(CC(C)NC(=O)OC(C)(C)C)C(=O)OC(C)(C)C)nc1C. The number of hydrogen-bond acceptors (Lipinski definition) is 8. The van der Waals surface area contributed by atoms with Gasteiger partial charge in [0.1, 0.15) is 16.1 Å². The monoisotopic (exact) mass is 471 g/mol. The molecule has 0 bridgehead atoms. The number of amides is 2. The zero-order valence-electron chi connectivity index (χ0n) is 20.8. The van der Waals surface area contributed by atoms with Crippen LogP contribution in [0.15, 0.2) is 0 Å². The Morgan fingerprint density at radius 1 is 1.06 bits per heavy atom. The molecule has 2 atom stereocenters. The number of alkyl carbamates (subject to hydrolysis) is 1. The maximum absolute atomic E-state index is 12.9. The molecule has 0 aliphatic rings. The van der Waals surface area contributed by atoms with Crippen LogP contribution in [0.2, 0.25) is 0 Å². The highest BCUT2D eigenvalue weighted by molar-refractivity contribution is 7.17. The normalized spacial score (nSPS) is 13.7. The molecular weight excluding hydrogens is 434 g/mol. The van der Waals surface area contributed by atoms with Gasteiger partial charge in [-0.05, 0) is 68.7 Å². The summed E-state index contributed by atoms with van der Waals surface area (Å²) in [6.45, 7) is 17.8. The molecule has 10 heteroatoms. The van der Waals surface area contributed by atoms with E-state index in [-0.39, 0.29) is 17.8 Å². The van der Waals surface area contributed by atoms with E-state index >= 15 is 0 Å². The first-order valence-corrected chi connectivity index (χ1v) is 11.5. The molecule has 1 aromatic rings. The largest absolute Gasteiger partial charge is 0.458 e. The summed E-state index contributed by atoms with van der Waals surface area (Å²) in [4.78, 5) is 43.6. The van der Waals surface area contributed by atoms with E-state index in [0.29, 0.717) is 17.0 Å². The molecule has 9 nitrogen and oxygen atoms in total. The summed E-state index contributed by atoms with van der Waals surface area (Å²) in [7, 11) is 0. The molecule has 2 amide bonds. The van der Waals surface area contributed by atoms with Crippen LogP contribution in [0.5, 0.6) is 0 Å². The van der Waals surface area contributed by atoms with Gasteiger partial charge in [0.15, 0.2) is 5.13 Å². The Bertz CT molecular complexity index is 810. The van der Waals surface area contributed by atoms with Crippen molar-refractivity contribution in [2.75, 3.05) is 11.4 Å². The van der Waals surface area contributed by atoms with Crippen molar-refractivity contribution >= 4 is 34.6 Å². The van der Waals surface area contributed by atoms with Crippen LogP contribution >= 0.6 is 11.3 Å². The van der Waals surface area contributed by atoms with E-state index < -0.39 is 35.4 Å². The van der Waals surface area contributed by atoms with Crippen LogP contribution in [-0.2, 0) is 14.2 Å². The highest BCUT2D eigenvalue weighted by atomic mass is 32.1. The van der Waals surface area contributed by atoms with Gasteiger partial charge < -0.3 is 19.5 Å². The minimum absolute atomic E-state index is 0.0704. The Morgan fingerprint density at radius 3 is 2.12 bits per heavy atom. The average Bonchev–Trinajstić information content (AvgIpc) is 2.97. The molecule has 0 fully saturated rings. The van der Waals surface area contributed by atoms with Crippen molar-refractivity contribution in [3.63, 3.8) is 0 Å². The minimum Gasteiger partial charge on any atom is -0.458 e. The number of nitrogens with one attached hydrogen (secondary N) is 1. The van der Waals surface area contributed by atoms with Gasteiger partial charge in [0.2, 0.25) is 0 Å². The van der Waals surface area contributed by atoms with Crippen molar-refractivity contribution in [2.24, 2.45) is 0 Å². The molecule has 1 unspecified atom stereocenters. The van der Waals surface area contributed by atoms with Crippen LogP contribution in [0.1, 0.15) is 84.1 Å². The van der Waals surface area contributed by atoms with Gasteiger partial charge in [-0.25, -0.2) is 19.4 Å². The average molecular weight is 472 g/mol. The van der Waals surface area contributed by atoms with Gasteiger partial charge in [-0.1, -0.05) is 18.3 Å². The molecule has 1 rings (SSSR count). The van der Waals surface area contributed by atoms with E-state index in [1.807, 2.05) is 13.8 Å². The predicted molar refractivity (Wildman–Crippen MR) is 124 cm³/mol. The number of rotatable bonds is 7. The van der Waals surface area contributed by atoms with Gasteiger partial charge >= 0.3 is 18.2 Å². The summed E-state index contributed by atoms with van der Waals surface area (Å²) >= 11 is 1.05. The number of aromatic nitrogens is 1. The molecule has 0 saturated heterocycles. The summed E-state index contributed by atoms with van der Waals surface area (Å²) in [5.41, 5.74) is -0.923. The van der Waals surface area contributed by atoms with Gasteiger partial charge in [0.05, 0.1) is 18.3 Å². The lowest BCUT2D eigenvalue weighted by Gasteiger charge is -2.28. The van der Waals surface area contributed by atoms with Gasteiger partial charge in [-0.15, -0.1) is 0 Å². The van der Waals surface area contributed by atoms with E-state index in [0.717, 1.165) is 11.3 Å². The quantitative estimate of drug-likeness (QED) is 0.437. The third-order valence-electron chi connectivity index (χ3n) is 3.92. The van der Waals surface area contributed by atoms with Crippen LogP contribution in [0, 0.1) is 6.92 Å². The van der Waals surface area contributed by atoms with Gasteiger partial charge in [0, 0.05) is 6.04 Å². The lowest BCUT2D eigenvalue weighted by atomic mass is 10.2. The first-order valence-electron chi connectivity index (χ1n) is 10.7. The van der Waals surface area contributed by atoms with Crippen LogP contribution < -0.4 is 10.2 Å². The molecule has 0 aliphatic carbocycles. The molecule has 1 N–H and O–H groups in total. The first kappa shape index (κ1) is 27.7. The summed E-state index contributed by atoms with van der Waals surface area (Å²) in [5.74, 6) is -0.482. The van der Waals surface area contributed by atoms with Crippen LogP contribution in [0.25, 0.3) is 0 Å². The molecular formula is C22H37N3O6S. The number of ether oxygens (including phenoxy) is 3.